The van der Waals surface area contributed by atoms with Crippen molar-refractivity contribution in [2.45, 2.75) is 13.8 Å². The van der Waals surface area contributed by atoms with Gasteiger partial charge in [-0.05, 0) is 55.3 Å². The molecule has 3 aromatic carbocycles. The molecule has 1 N–H and O–H groups in total. The van der Waals surface area contributed by atoms with Crippen LogP contribution >= 0.6 is 11.3 Å². The topological polar surface area (TPSA) is 72.2 Å². The molecule has 0 aliphatic rings. The van der Waals surface area contributed by atoms with E-state index in [1.54, 1.807) is 24.3 Å². The van der Waals surface area contributed by atoms with Crippen LogP contribution in [-0.2, 0) is 0 Å². The van der Waals surface area contributed by atoms with Gasteiger partial charge in [-0.2, -0.15) is 0 Å². The first kappa shape index (κ1) is 19.2. The third-order valence-electron chi connectivity index (χ3n) is 5.10. The normalized spacial score (nSPS) is 11.2. The fourth-order valence-electron chi connectivity index (χ4n) is 3.63. The van der Waals surface area contributed by atoms with Crippen LogP contribution in [0.25, 0.3) is 32.5 Å². The van der Waals surface area contributed by atoms with E-state index in [1.807, 2.05) is 50.2 Å². The van der Waals surface area contributed by atoms with Gasteiger partial charge in [-0.1, -0.05) is 41.7 Å². The van der Waals surface area contributed by atoms with Gasteiger partial charge in [-0.15, -0.1) is 0 Å². The van der Waals surface area contributed by atoms with E-state index in [-0.39, 0.29) is 11.3 Å². The van der Waals surface area contributed by atoms with Crippen LogP contribution in [-0.4, -0.2) is 10.9 Å². The molecule has 0 aliphatic heterocycles. The van der Waals surface area contributed by atoms with Gasteiger partial charge in [-0.3, -0.25) is 14.9 Å². The molecule has 0 fully saturated rings. The average molecular weight is 426 g/mol. The lowest BCUT2D eigenvalue weighted by Gasteiger charge is -2.07. The van der Waals surface area contributed by atoms with Crippen LogP contribution in [0.1, 0.15) is 21.5 Å². The summed E-state index contributed by atoms with van der Waals surface area (Å²) in [5.74, 6) is 0.236. The first-order valence-corrected chi connectivity index (χ1v) is 10.6. The lowest BCUT2D eigenvalue weighted by atomic mass is 10.1. The molecule has 152 valence electrons. The molecular formula is C25H18N2O3S. The van der Waals surface area contributed by atoms with Crippen molar-refractivity contribution >= 4 is 43.6 Å². The maximum absolute atomic E-state index is 12.6. The number of thiazole rings is 1. The summed E-state index contributed by atoms with van der Waals surface area (Å²) in [5.41, 5.74) is 4.53. The molecule has 5 aromatic rings. The molecule has 1 amide bonds. The molecule has 0 saturated heterocycles. The number of fused-ring (bicyclic) bond motifs is 2. The molecule has 0 saturated carbocycles. The molecule has 2 heterocycles. The van der Waals surface area contributed by atoms with Gasteiger partial charge in [0.1, 0.15) is 11.3 Å². The Morgan fingerprint density at radius 3 is 2.55 bits per heavy atom. The van der Waals surface area contributed by atoms with Crippen LogP contribution in [0.4, 0.5) is 5.13 Å². The largest absolute Gasteiger partial charge is 0.456 e. The van der Waals surface area contributed by atoms with E-state index in [1.165, 1.54) is 17.4 Å². The molecule has 5 nitrogen and oxygen atoms in total. The SMILES string of the molecule is Cc1cc(C)c2oc(-c3ccc(C(=O)Nc4nc5ccccc5s4)cc3)cc(=O)c2c1. The molecule has 0 radical (unpaired) electrons. The van der Waals surface area contributed by atoms with Gasteiger partial charge < -0.3 is 4.42 Å². The zero-order valence-electron chi connectivity index (χ0n) is 16.9. The highest BCUT2D eigenvalue weighted by Gasteiger charge is 2.13. The minimum absolute atomic E-state index is 0.0827. The van der Waals surface area contributed by atoms with Gasteiger partial charge in [0.2, 0.25) is 0 Å². The molecule has 0 atom stereocenters. The summed E-state index contributed by atoms with van der Waals surface area (Å²) in [7, 11) is 0. The number of aryl methyl sites for hydroxylation is 2. The Labute approximate surface area is 182 Å². The van der Waals surface area contributed by atoms with E-state index < -0.39 is 0 Å². The van der Waals surface area contributed by atoms with Gasteiger partial charge >= 0.3 is 0 Å². The fourth-order valence-corrected chi connectivity index (χ4v) is 4.49. The number of benzene rings is 3. The van der Waals surface area contributed by atoms with Crippen molar-refractivity contribution in [3.05, 3.63) is 93.6 Å². The molecule has 2 aromatic heterocycles. The predicted molar refractivity (Wildman–Crippen MR) is 125 cm³/mol. The fraction of sp³-hybridized carbons (Fsp3) is 0.0800. The number of carbonyl (C=O) groups is 1. The average Bonchev–Trinajstić information content (AvgIpc) is 3.16. The quantitative estimate of drug-likeness (QED) is 0.388. The molecular weight excluding hydrogens is 408 g/mol. The Hall–Kier alpha value is -3.77. The van der Waals surface area contributed by atoms with Crippen LogP contribution in [0.15, 0.2) is 75.9 Å². The van der Waals surface area contributed by atoms with E-state index in [9.17, 15) is 9.59 Å². The molecule has 5 rings (SSSR count). The second-order valence-corrected chi connectivity index (χ2v) is 8.48. The minimum Gasteiger partial charge on any atom is -0.456 e. The Bertz CT molecular complexity index is 1480. The van der Waals surface area contributed by atoms with E-state index in [0.29, 0.717) is 27.4 Å². The highest BCUT2D eigenvalue weighted by molar-refractivity contribution is 7.22. The van der Waals surface area contributed by atoms with Gasteiger partial charge in [0.15, 0.2) is 10.6 Å². The van der Waals surface area contributed by atoms with Crippen molar-refractivity contribution in [2.75, 3.05) is 5.32 Å². The summed E-state index contributed by atoms with van der Waals surface area (Å²) < 4.78 is 7.05. The highest BCUT2D eigenvalue weighted by atomic mass is 32.1. The number of nitrogens with zero attached hydrogens (tertiary/aromatic N) is 1. The smallest absolute Gasteiger partial charge is 0.257 e. The molecule has 6 heteroatoms. The molecule has 0 aliphatic carbocycles. The second-order valence-electron chi connectivity index (χ2n) is 7.45. The second kappa shape index (κ2) is 7.49. The third-order valence-corrected chi connectivity index (χ3v) is 6.06. The number of carbonyl (C=O) groups excluding carboxylic acids is 1. The summed E-state index contributed by atoms with van der Waals surface area (Å²) in [6, 6.07) is 20.1. The number of hydrogen-bond donors (Lipinski definition) is 1. The van der Waals surface area contributed by atoms with Gasteiger partial charge in [0.25, 0.3) is 5.91 Å². The first-order chi connectivity index (χ1) is 15.0. The van der Waals surface area contributed by atoms with Crippen molar-refractivity contribution in [1.29, 1.82) is 0 Å². The first-order valence-electron chi connectivity index (χ1n) is 9.80. The van der Waals surface area contributed by atoms with Crippen molar-refractivity contribution in [3.8, 4) is 11.3 Å². The van der Waals surface area contributed by atoms with Gasteiger partial charge in [0.05, 0.1) is 15.6 Å². The number of hydrogen-bond acceptors (Lipinski definition) is 5. The van der Waals surface area contributed by atoms with Crippen molar-refractivity contribution < 1.29 is 9.21 Å². The van der Waals surface area contributed by atoms with Crippen LogP contribution in [0, 0.1) is 13.8 Å². The monoisotopic (exact) mass is 426 g/mol. The third kappa shape index (κ3) is 3.62. The van der Waals surface area contributed by atoms with Crippen molar-refractivity contribution in [3.63, 3.8) is 0 Å². The number of rotatable bonds is 3. The summed E-state index contributed by atoms with van der Waals surface area (Å²) in [6.45, 7) is 3.88. The lowest BCUT2D eigenvalue weighted by molar-refractivity contribution is 0.102. The minimum atomic E-state index is -0.239. The highest BCUT2D eigenvalue weighted by Crippen LogP contribution is 2.27. The van der Waals surface area contributed by atoms with Crippen LogP contribution < -0.4 is 10.7 Å². The molecule has 0 bridgehead atoms. The lowest BCUT2D eigenvalue weighted by Crippen LogP contribution is -2.11. The zero-order valence-corrected chi connectivity index (χ0v) is 17.7. The Morgan fingerprint density at radius 2 is 1.77 bits per heavy atom. The van der Waals surface area contributed by atoms with E-state index in [2.05, 4.69) is 10.3 Å². The number of nitrogens with one attached hydrogen (secondary N) is 1. The Balaban J connectivity index is 1.43. The molecule has 0 unspecified atom stereocenters. The molecule has 0 spiro atoms. The van der Waals surface area contributed by atoms with Crippen LogP contribution in [0.5, 0.6) is 0 Å². The van der Waals surface area contributed by atoms with E-state index >= 15 is 0 Å². The van der Waals surface area contributed by atoms with Crippen molar-refractivity contribution in [2.24, 2.45) is 0 Å². The summed E-state index contributed by atoms with van der Waals surface area (Å²) >= 11 is 1.43. The maximum Gasteiger partial charge on any atom is 0.257 e. The number of para-hydroxylation sites is 1. The van der Waals surface area contributed by atoms with E-state index in [0.717, 1.165) is 26.9 Å². The molecule has 31 heavy (non-hydrogen) atoms. The van der Waals surface area contributed by atoms with E-state index in [4.69, 9.17) is 4.42 Å². The number of aromatic nitrogens is 1. The predicted octanol–water partition coefficient (Wildman–Crippen LogP) is 5.94. The summed E-state index contributed by atoms with van der Waals surface area (Å²) in [4.78, 5) is 29.7. The Kier molecular flexibility index (Phi) is 4.64. The maximum atomic E-state index is 12.6. The van der Waals surface area contributed by atoms with Crippen molar-refractivity contribution in [1.82, 2.24) is 4.98 Å². The number of amides is 1. The Morgan fingerprint density at radius 1 is 1.00 bits per heavy atom. The summed E-state index contributed by atoms with van der Waals surface area (Å²) in [5, 5.41) is 3.98. The standard InChI is InChI=1S/C25H18N2O3S/c1-14-11-15(2)23-18(12-14)20(28)13-21(30-23)16-7-9-17(10-8-16)24(29)27-25-26-19-5-3-4-6-22(19)31-25/h3-13H,1-2H3,(H,26,27,29). The summed E-state index contributed by atoms with van der Waals surface area (Å²) in [6.07, 6.45) is 0. The van der Waals surface area contributed by atoms with Crippen LogP contribution in [0.2, 0.25) is 0 Å². The number of anilines is 1. The zero-order chi connectivity index (χ0) is 21.5. The van der Waals surface area contributed by atoms with Gasteiger partial charge in [-0.25, -0.2) is 4.98 Å². The van der Waals surface area contributed by atoms with Gasteiger partial charge in [0, 0.05) is 17.2 Å². The van der Waals surface area contributed by atoms with Crippen LogP contribution in [0.3, 0.4) is 0 Å².